The molecule has 2 unspecified atom stereocenters. The van der Waals surface area contributed by atoms with Gasteiger partial charge in [-0.25, -0.2) is 4.98 Å². The van der Waals surface area contributed by atoms with Crippen LogP contribution in [0, 0.1) is 6.92 Å². The van der Waals surface area contributed by atoms with E-state index in [1.54, 1.807) is 17.6 Å². The van der Waals surface area contributed by atoms with Gasteiger partial charge in [0.05, 0.1) is 29.6 Å². The van der Waals surface area contributed by atoms with Gasteiger partial charge in [-0.2, -0.15) is 0 Å². The van der Waals surface area contributed by atoms with Crippen LogP contribution in [0.3, 0.4) is 0 Å². The molecule has 0 aliphatic heterocycles. The summed E-state index contributed by atoms with van der Waals surface area (Å²) < 4.78 is 5.36. The van der Waals surface area contributed by atoms with E-state index in [0.717, 1.165) is 16.5 Å². The van der Waals surface area contributed by atoms with Crippen LogP contribution in [0.2, 0.25) is 0 Å². The quantitative estimate of drug-likeness (QED) is 0.855. The van der Waals surface area contributed by atoms with Crippen LogP contribution >= 0.6 is 11.3 Å². The van der Waals surface area contributed by atoms with E-state index in [2.05, 4.69) is 31.1 Å². The van der Waals surface area contributed by atoms with Gasteiger partial charge < -0.3 is 9.52 Å². The highest BCUT2D eigenvalue weighted by Gasteiger charge is 2.21. The number of hydrogen-bond acceptors (Lipinski definition) is 5. The third kappa shape index (κ3) is 3.29. The number of furan rings is 1. The maximum absolute atomic E-state index is 9.52. The van der Waals surface area contributed by atoms with Crippen molar-refractivity contribution in [1.29, 1.82) is 0 Å². The topological polar surface area (TPSA) is 58.3 Å². The van der Waals surface area contributed by atoms with Crippen LogP contribution < -0.4 is 5.32 Å². The molecule has 0 aromatic carbocycles. The second-order valence-corrected chi connectivity index (χ2v) is 6.36. The maximum atomic E-state index is 9.52. The number of rotatable bonds is 6. The average molecular weight is 294 g/mol. The Kier molecular flexibility index (Phi) is 4.96. The minimum absolute atomic E-state index is 0.00669. The highest BCUT2D eigenvalue weighted by atomic mass is 32.1. The Balaban J connectivity index is 2.13. The molecule has 2 atom stereocenters. The monoisotopic (exact) mass is 294 g/mol. The summed E-state index contributed by atoms with van der Waals surface area (Å²) in [5.41, 5.74) is 1.06. The maximum Gasteiger partial charge on any atom is 0.123 e. The molecule has 5 heteroatoms. The van der Waals surface area contributed by atoms with Crippen LogP contribution in [-0.2, 0) is 0 Å². The van der Waals surface area contributed by atoms with Crippen molar-refractivity contribution in [2.45, 2.75) is 45.7 Å². The predicted octanol–water partition coefficient (Wildman–Crippen LogP) is 3.55. The number of nitrogens with one attached hydrogen (secondary N) is 1. The van der Waals surface area contributed by atoms with Crippen molar-refractivity contribution >= 4 is 11.3 Å². The largest absolute Gasteiger partial charge is 0.468 e. The van der Waals surface area contributed by atoms with Crippen molar-refractivity contribution in [1.82, 2.24) is 10.3 Å². The zero-order valence-electron chi connectivity index (χ0n) is 12.4. The molecule has 0 aliphatic carbocycles. The Morgan fingerprint density at radius 2 is 2.15 bits per heavy atom. The van der Waals surface area contributed by atoms with Crippen LogP contribution in [0.1, 0.15) is 60.1 Å². The fraction of sp³-hybridized carbons (Fsp3) is 0.533. The minimum atomic E-state index is -0.191. The van der Waals surface area contributed by atoms with Gasteiger partial charge in [-0.15, -0.1) is 11.3 Å². The lowest BCUT2D eigenvalue weighted by Crippen LogP contribution is -2.26. The first-order chi connectivity index (χ1) is 9.52. The van der Waals surface area contributed by atoms with Crippen molar-refractivity contribution < 1.29 is 9.52 Å². The second-order valence-electron chi connectivity index (χ2n) is 5.30. The molecule has 2 N–H and O–H groups in total. The molecular formula is C15H22N2O2S. The Hall–Kier alpha value is -1.17. The second kappa shape index (κ2) is 6.52. The summed E-state index contributed by atoms with van der Waals surface area (Å²) >= 11 is 1.74. The minimum Gasteiger partial charge on any atom is -0.468 e. The summed E-state index contributed by atoms with van der Waals surface area (Å²) in [7, 11) is 0. The number of hydrogen-bond donors (Lipinski definition) is 2. The summed E-state index contributed by atoms with van der Waals surface area (Å²) in [5.74, 6) is 1.20. The van der Waals surface area contributed by atoms with Crippen LogP contribution in [0.4, 0.5) is 0 Å². The smallest absolute Gasteiger partial charge is 0.123 e. The first kappa shape index (κ1) is 15.2. The lowest BCUT2D eigenvalue weighted by molar-refractivity contribution is 0.217. The zero-order chi connectivity index (χ0) is 14.7. The molecule has 0 fully saturated rings. The van der Waals surface area contributed by atoms with E-state index in [-0.39, 0.29) is 18.7 Å². The number of aliphatic hydroxyl groups is 1. The van der Waals surface area contributed by atoms with Crippen LogP contribution in [0.5, 0.6) is 0 Å². The molecule has 2 heterocycles. The fourth-order valence-electron chi connectivity index (χ4n) is 2.17. The summed E-state index contributed by atoms with van der Waals surface area (Å²) in [6.07, 6.45) is 1.62. The highest BCUT2D eigenvalue weighted by molar-refractivity contribution is 7.11. The number of aromatic nitrogens is 1. The van der Waals surface area contributed by atoms with E-state index in [1.807, 2.05) is 19.1 Å². The first-order valence-electron chi connectivity index (χ1n) is 6.90. The molecule has 2 rings (SSSR count). The SMILES string of the molecule is Cc1nc(C(C)C)sc1C(C)NC(CO)c1ccco1. The molecular weight excluding hydrogens is 272 g/mol. The molecule has 2 aromatic rings. The van der Waals surface area contributed by atoms with E-state index in [1.165, 1.54) is 4.88 Å². The number of nitrogens with zero attached hydrogens (tertiary/aromatic N) is 1. The van der Waals surface area contributed by atoms with Gasteiger partial charge >= 0.3 is 0 Å². The fourth-order valence-corrected chi connectivity index (χ4v) is 3.25. The van der Waals surface area contributed by atoms with E-state index in [0.29, 0.717) is 5.92 Å². The number of aryl methyl sites for hydroxylation is 1. The molecule has 0 saturated carbocycles. The Morgan fingerprint density at radius 3 is 2.65 bits per heavy atom. The number of aliphatic hydroxyl groups excluding tert-OH is 1. The summed E-state index contributed by atoms with van der Waals surface area (Å²) in [4.78, 5) is 5.84. The average Bonchev–Trinajstić information content (AvgIpc) is 3.04. The van der Waals surface area contributed by atoms with Crippen LogP contribution in [-0.4, -0.2) is 16.7 Å². The summed E-state index contributed by atoms with van der Waals surface area (Å²) in [5, 5.41) is 14.1. The third-order valence-corrected chi connectivity index (χ3v) is 4.90. The van der Waals surface area contributed by atoms with Crippen LogP contribution in [0.15, 0.2) is 22.8 Å². The molecule has 0 spiro atoms. The van der Waals surface area contributed by atoms with Gasteiger partial charge in [0.1, 0.15) is 5.76 Å². The molecule has 2 aromatic heterocycles. The molecule has 0 saturated heterocycles. The highest BCUT2D eigenvalue weighted by Crippen LogP contribution is 2.30. The van der Waals surface area contributed by atoms with Crippen molar-refractivity contribution in [3.8, 4) is 0 Å². The first-order valence-corrected chi connectivity index (χ1v) is 7.72. The van der Waals surface area contributed by atoms with Gasteiger partial charge in [-0.3, -0.25) is 5.32 Å². The van der Waals surface area contributed by atoms with E-state index in [4.69, 9.17) is 4.42 Å². The van der Waals surface area contributed by atoms with Gasteiger partial charge in [0.2, 0.25) is 0 Å². The Labute approximate surface area is 123 Å². The zero-order valence-corrected chi connectivity index (χ0v) is 13.2. The van der Waals surface area contributed by atoms with E-state index >= 15 is 0 Å². The van der Waals surface area contributed by atoms with Gasteiger partial charge in [-0.1, -0.05) is 13.8 Å². The van der Waals surface area contributed by atoms with Gasteiger partial charge in [0.25, 0.3) is 0 Å². The standard InChI is InChI=1S/C15H22N2O2S/c1-9(2)15-17-11(4)14(20-15)10(3)16-12(8-18)13-6-5-7-19-13/h5-7,9-10,12,16,18H,8H2,1-4H3. The lowest BCUT2D eigenvalue weighted by Gasteiger charge is -2.19. The third-order valence-electron chi connectivity index (χ3n) is 3.26. The van der Waals surface area contributed by atoms with Crippen molar-refractivity contribution in [2.24, 2.45) is 0 Å². The van der Waals surface area contributed by atoms with Gasteiger partial charge in [-0.05, 0) is 26.0 Å². The molecule has 0 amide bonds. The molecule has 0 aliphatic rings. The van der Waals surface area contributed by atoms with Crippen molar-refractivity contribution in [2.75, 3.05) is 6.61 Å². The summed E-state index contributed by atoms with van der Waals surface area (Å²) in [6, 6.07) is 3.64. The van der Waals surface area contributed by atoms with Crippen LogP contribution in [0.25, 0.3) is 0 Å². The molecule has 20 heavy (non-hydrogen) atoms. The van der Waals surface area contributed by atoms with Gasteiger partial charge in [0, 0.05) is 16.8 Å². The predicted molar refractivity (Wildman–Crippen MR) is 81.0 cm³/mol. The Morgan fingerprint density at radius 1 is 1.40 bits per heavy atom. The lowest BCUT2D eigenvalue weighted by atomic mass is 10.1. The molecule has 0 bridgehead atoms. The Bertz CT molecular complexity index is 534. The number of thiazole rings is 1. The molecule has 0 radical (unpaired) electrons. The molecule has 4 nitrogen and oxygen atoms in total. The van der Waals surface area contributed by atoms with Crippen molar-refractivity contribution in [3.05, 3.63) is 39.7 Å². The van der Waals surface area contributed by atoms with E-state index in [9.17, 15) is 5.11 Å². The van der Waals surface area contributed by atoms with Crippen molar-refractivity contribution in [3.63, 3.8) is 0 Å². The van der Waals surface area contributed by atoms with E-state index < -0.39 is 0 Å². The normalized spacial score (nSPS) is 14.7. The molecule has 110 valence electrons. The summed E-state index contributed by atoms with van der Waals surface area (Å²) in [6.45, 7) is 8.44. The van der Waals surface area contributed by atoms with Gasteiger partial charge in [0.15, 0.2) is 0 Å².